The van der Waals surface area contributed by atoms with E-state index in [1.165, 1.54) is 6.07 Å². The second-order valence-corrected chi connectivity index (χ2v) is 12.5. The van der Waals surface area contributed by atoms with Gasteiger partial charge in [0.15, 0.2) is 0 Å². The molecule has 3 aromatic carbocycles. The highest BCUT2D eigenvalue weighted by atomic mass is 19.1. The molecule has 10 nitrogen and oxygen atoms in total. The van der Waals surface area contributed by atoms with E-state index < -0.39 is 5.60 Å². The summed E-state index contributed by atoms with van der Waals surface area (Å²) >= 11 is 0. The van der Waals surface area contributed by atoms with Gasteiger partial charge in [-0.25, -0.2) is 19.2 Å². The van der Waals surface area contributed by atoms with E-state index in [2.05, 4.69) is 20.1 Å². The van der Waals surface area contributed by atoms with Gasteiger partial charge in [-0.1, -0.05) is 18.2 Å². The predicted octanol–water partition coefficient (Wildman–Crippen LogP) is 5.95. The van der Waals surface area contributed by atoms with E-state index in [1.807, 2.05) is 63.2 Å². The summed E-state index contributed by atoms with van der Waals surface area (Å²) in [5.41, 5.74) is 3.12. The lowest BCUT2D eigenvalue weighted by Crippen LogP contribution is -2.50. The van der Waals surface area contributed by atoms with Crippen LogP contribution in [0.1, 0.15) is 20.8 Å². The Bertz CT molecular complexity index is 1650. The standard InChI is InChI=1S/C35H41FN6O4/c1-35(2,3)46-34(43)42-15-13-41(14-16-42)27-9-7-26(8-10-27)38-33-37-24-25-5-4-6-29(32(25)39-33)30-23-28(11-12-31(30)36)45-22-19-40-17-20-44-21-18-40/h4-12,23-24H,13-22H2,1-3H3,(H,37,38,39). The molecule has 2 fully saturated rings. The first kappa shape index (κ1) is 31.5. The summed E-state index contributed by atoms with van der Waals surface area (Å²) < 4.78 is 32.1. The molecule has 3 heterocycles. The van der Waals surface area contributed by atoms with Crippen LogP contribution in [0.15, 0.2) is 66.9 Å². The lowest BCUT2D eigenvalue weighted by Gasteiger charge is -2.36. The highest BCUT2D eigenvalue weighted by Gasteiger charge is 2.26. The van der Waals surface area contributed by atoms with Gasteiger partial charge in [-0.2, -0.15) is 0 Å². The summed E-state index contributed by atoms with van der Waals surface area (Å²) in [6.07, 6.45) is 1.47. The molecule has 1 amide bonds. The van der Waals surface area contributed by atoms with Crippen molar-refractivity contribution in [3.63, 3.8) is 0 Å². The van der Waals surface area contributed by atoms with Gasteiger partial charge in [0, 0.05) is 79.9 Å². The summed E-state index contributed by atoms with van der Waals surface area (Å²) in [5.74, 6) is 0.682. The van der Waals surface area contributed by atoms with Crippen molar-refractivity contribution in [1.82, 2.24) is 19.8 Å². The zero-order valence-electron chi connectivity index (χ0n) is 26.7. The molecule has 6 rings (SSSR count). The number of piperazine rings is 1. The van der Waals surface area contributed by atoms with E-state index in [1.54, 1.807) is 23.2 Å². The summed E-state index contributed by atoms with van der Waals surface area (Å²) in [6.45, 7) is 12.8. The number of anilines is 3. The highest BCUT2D eigenvalue weighted by Crippen LogP contribution is 2.33. The molecule has 0 unspecified atom stereocenters. The molecule has 2 saturated heterocycles. The minimum atomic E-state index is -0.507. The Hall–Kier alpha value is -4.48. The zero-order valence-corrected chi connectivity index (χ0v) is 26.7. The number of rotatable bonds is 8. The number of morpholine rings is 1. The van der Waals surface area contributed by atoms with E-state index in [0.29, 0.717) is 48.0 Å². The first-order valence-corrected chi connectivity index (χ1v) is 15.8. The number of amides is 1. The zero-order chi connectivity index (χ0) is 32.1. The fourth-order valence-electron chi connectivity index (χ4n) is 5.61. The van der Waals surface area contributed by atoms with Crippen LogP contribution in [0.25, 0.3) is 22.0 Å². The second kappa shape index (κ2) is 13.9. The first-order chi connectivity index (χ1) is 22.2. The summed E-state index contributed by atoms with van der Waals surface area (Å²) in [6, 6.07) is 18.5. The van der Waals surface area contributed by atoms with Crippen LogP contribution in [0.3, 0.4) is 0 Å². The minimum absolute atomic E-state index is 0.270. The number of halogens is 1. The third kappa shape index (κ3) is 7.83. The normalized spacial score (nSPS) is 16.0. The number of carbonyl (C=O) groups excluding carboxylic acids is 1. The van der Waals surface area contributed by atoms with Crippen molar-refractivity contribution in [2.24, 2.45) is 0 Å². The average molecular weight is 629 g/mol. The molecule has 0 aliphatic carbocycles. The fourth-order valence-corrected chi connectivity index (χ4v) is 5.61. The van der Waals surface area contributed by atoms with E-state index in [0.717, 1.165) is 62.7 Å². The van der Waals surface area contributed by atoms with Crippen LogP contribution in [-0.4, -0.2) is 97.1 Å². The molecule has 11 heteroatoms. The molecule has 0 bridgehead atoms. The number of ether oxygens (including phenoxy) is 3. The van der Waals surface area contributed by atoms with Crippen LogP contribution < -0.4 is 15.0 Å². The molecule has 0 spiro atoms. The Balaban J connectivity index is 1.12. The fraction of sp³-hybridized carbons (Fsp3) is 0.400. The van der Waals surface area contributed by atoms with Gasteiger partial charge in [0.2, 0.25) is 5.95 Å². The Morgan fingerprint density at radius 3 is 2.46 bits per heavy atom. The van der Waals surface area contributed by atoms with Crippen molar-refractivity contribution >= 4 is 34.3 Å². The quantitative estimate of drug-likeness (QED) is 0.254. The van der Waals surface area contributed by atoms with Gasteiger partial charge in [-0.3, -0.25) is 4.90 Å². The average Bonchev–Trinajstić information content (AvgIpc) is 3.05. The Kier molecular flexibility index (Phi) is 9.51. The third-order valence-electron chi connectivity index (χ3n) is 8.04. The van der Waals surface area contributed by atoms with Gasteiger partial charge in [0.25, 0.3) is 0 Å². The van der Waals surface area contributed by atoms with Crippen molar-refractivity contribution < 1.29 is 23.4 Å². The smallest absolute Gasteiger partial charge is 0.410 e. The molecule has 46 heavy (non-hydrogen) atoms. The number of nitrogens with zero attached hydrogens (tertiary/aromatic N) is 5. The molecule has 4 aromatic rings. The maximum Gasteiger partial charge on any atom is 0.410 e. The Labute approximate surface area is 269 Å². The minimum Gasteiger partial charge on any atom is -0.492 e. The molecule has 1 aromatic heterocycles. The third-order valence-corrected chi connectivity index (χ3v) is 8.04. The molecule has 0 radical (unpaired) electrons. The molecular weight excluding hydrogens is 587 g/mol. The monoisotopic (exact) mass is 628 g/mol. The van der Waals surface area contributed by atoms with Gasteiger partial charge in [-0.15, -0.1) is 0 Å². The van der Waals surface area contributed by atoms with Crippen molar-refractivity contribution in [2.45, 2.75) is 26.4 Å². The number of para-hydroxylation sites is 1. The largest absolute Gasteiger partial charge is 0.492 e. The Morgan fingerprint density at radius 2 is 1.72 bits per heavy atom. The lowest BCUT2D eigenvalue weighted by molar-refractivity contribution is 0.0240. The van der Waals surface area contributed by atoms with Crippen LogP contribution >= 0.6 is 0 Å². The molecular formula is C35H41FN6O4. The number of aromatic nitrogens is 2. The van der Waals surface area contributed by atoms with E-state index in [-0.39, 0.29) is 11.9 Å². The number of hydrogen-bond acceptors (Lipinski definition) is 9. The summed E-state index contributed by atoms with van der Waals surface area (Å²) in [7, 11) is 0. The first-order valence-electron chi connectivity index (χ1n) is 15.8. The molecule has 2 aliphatic heterocycles. The second-order valence-electron chi connectivity index (χ2n) is 12.5. The molecule has 0 atom stereocenters. The lowest BCUT2D eigenvalue weighted by atomic mass is 10.0. The van der Waals surface area contributed by atoms with Gasteiger partial charge >= 0.3 is 6.09 Å². The molecule has 1 N–H and O–H groups in total. The Morgan fingerprint density at radius 1 is 0.957 bits per heavy atom. The van der Waals surface area contributed by atoms with Gasteiger partial charge in [0.05, 0.1) is 18.7 Å². The molecule has 2 aliphatic rings. The summed E-state index contributed by atoms with van der Waals surface area (Å²) in [4.78, 5) is 28.0. The molecule has 0 saturated carbocycles. The number of nitrogens with one attached hydrogen (secondary N) is 1. The van der Waals surface area contributed by atoms with E-state index in [9.17, 15) is 4.79 Å². The van der Waals surface area contributed by atoms with E-state index >= 15 is 4.39 Å². The number of benzene rings is 3. The van der Waals surface area contributed by atoms with E-state index in [4.69, 9.17) is 19.2 Å². The summed E-state index contributed by atoms with van der Waals surface area (Å²) in [5, 5.41) is 4.10. The molecule has 242 valence electrons. The van der Waals surface area contributed by atoms with Crippen molar-refractivity contribution in [3.05, 3.63) is 72.7 Å². The van der Waals surface area contributed by atoms with Crippen LogP contribution in [0.5, 0.6) is 5.75 Å². The van der Waals surface area contributed by atoms with Gasteiger partial charge in [-0.05, 0) is 63.2 Å². The van der Waals surface area contributed by atoms with Crippen molar-refractivity contribution in [3.8, 4) is 16.9 Å². The number of fused-ring (bicyclic) bond motifs is 1. The number of carbonyl (C=O) groups is 1. The van der Waals surface area contributed by atoms with Crippen molar-refractivity contribution in [1.29, 1.82) is 0 Å². The SMILES string of the molecule is CC(C)(C)OC(=O)N1CCN(c2ccc(Nc3ncc4cccc(-c5cc(OCCN6CCOCC6)ccc5F)c4n3)cc2)CC1. The van der Waals surface area contributed by atoms with Crippen LogP contribution in [0.4, 0.5) is 26.5 Å². The van der Waals surface area contributed by atoms with Gasteiger partial charge < -0.3 is 29.3 Å². The van der Waals surface area contributed by atoms with Crippen LogP contribution in [0, 0.1) is 5.82 Å². The maximum absolute atomic E-state index is 15.2. The van der Waals surface area contributed by atoms with Crippen LogP contribution in [0.2, 0.25) is 0 Å². The van der Waals surface area contributed by atoms with Crippen LogP contribution in [-0.2, 0) is 9.47 Å². The van der Waals surface area contributed by atoms with Gasteiger partial charge in [0.1, 0.15) is 23.8 Å². The highest BCUT2D eigenvalue weighted by molar-refractivity contribution is 5.94. The maximum atomic E-state index is 15.2. The number of hydrogen-bond donors (Lipinski definition) is 1. The predicted molar refractivity (Wildman–Crippen MR) is 177 cm³/mol. The topological polar surface area (TPSA) is 92.3 Å². The van der Waals surface area contributed by atoms with Crippen molar-refractivity contribution in [2.75, 3.05) is 75.9 Å².